The van der Waals surface area contributed by atoms with Crippen molar-refractivity contribution in [3.8, 4) is 0 Å². The van der Waals surface area contributed by atoms with Crippen LogP contribution in [0.15, 0.2) is 18.3 Å². The fourth-order valence-electron chi connectivity index (χ4n) is 0.874. The molecule has 11 heavy (non-hydrogen) atoms. The van der Waals surface area contributed by atoms with Crippen LogP contribution in [0.4, 0.5) is 0 Å². The predicted octanol–water partition coefficient (Wildman–Crippen LogP) is 1.16. The molecular formula is C8H8BNO. The highest BCUT2D eigenvalue weighted by Crippen LogP contribution is 2.04. The molecule has 54 valence electrons. The normalized spacial score (nSPS) is 9.55. The Labute approximate surface area is 67.1 Å². The molecule has 2 nitrogen and oxygen atoms in total. The Morgan fingerprint density at radius 1 is 1.73 bits per heavy atom. The molecule has 1 aromatic rings. The van der Waals surface area contributed by atoms with Crippen molar-refractivity contribution >= 4 is 13.6 Å². The summed E-state index contributed by atoms with van der Waals surface area (Å²) in [5, 5.41) is 0. The van der Waals surface area contributed by atoms with E-state index in [0.717, 1.165) is 5.56 Å². The monoisotopic (exact) mass is 145 g/mol. The highest BCUT2D eigenvalue weighted by atomic mass is 16.1. The second-order valence-corrected chi connectivity index (χ2v) is 2.30. The van der Waals surface area contributed by atoms with E-state index in [1.807, 2.05) is 13.0 Å². The van der Waals surface area contributed by atoms with Crippen LogP contribution in [0.5, 0.6) is 0 Å². The average molecular weight is 145 g/mol. The van der Waals surface area contributed by atoms with Gasteiger partial charge in [0, 0.05) is 6.20 Å². The number of hydrogen-bond acceptors (Lipinski definition) is 2. The van der Waals surface area contributed by atoms with Crippen molar-refractivity contribution in [2.24, 2.45) is 0 Å². The Balaban J connectivity index is 3.03. The van der Waals surface area contributed by atoms with Gasteiger partial charge in [0.15, 0.2) is 5.78 Å². The van der Waals surface area contributed by atoms with E-state index in [-0.39, 0.29) is 12.1 Å². The van der Waals surface area contributed by atoms with Crippen LogP contribution < -0.4 is 0 Å². The Morgan fingerprint density at radius 2 is 2.45 bits per heavy atom. The number of aromatic nitrogens is 1. The van der Waals surface area contributed by atoms with Crippen molar-refractivity contribution in [2.45, 2.75) is 13.2 Å². The predicted molar refractivity (Wildman–Crippen MR) is 43.9 cm³/mol. The topological polar surface area (TPSA) is 30.0 Å². The van der Waals surface area contributed by atoms with E-state index in [2.05, 4.69) is 4.98 Å². The molecule has 0 aliphatic carbocycles. The average Bonchev–Trinajstić information content (AvgIpc) is 2.04. The maximum Gasteiger partial charge on any atom is 0.172 e. The minimum atomic E-state index is -0.108. The number of ketones is 1. The van der Waals surface area contributed by atoms with Crippen LogP contribution in [-0.2, 0) is 0 Å². The van der Waals surface area contributed by atoms with Gasteiger partial charge in [-0.25, -0.2) is 0 Å². The molecule has 1 heterocycles. The molecule has 0 spiro atoms. The third-order valence-electron chi connectivity index (χ3n) is 1.46. The molecule has 0 N–H and O–H groups in total. The van der Waals surface area contributed by atoms with Gasteiger partial charge in [-0.1, -0.05) is 6.07 Å². The zero-order valence-corrected chi connectivity index (χ0v) is 6.37. The van der Waals surface area contributed by atoms with E-state index >= 15 is 0 Å². The molecule has 2 radical (unpaired) electrons. The lowest BCUT2D eigenvalue weighted by Gasteiger charge is -1.99. The van der Waals surface area contributed by atoms with E-state index in [1.54, 1.807) is 12.3 Å². The highest BCUT2D eigenvalue weighted by Gasteiger charge is 2.05. The Bertz CT molecular complexity index is 273. The first kappa shape index (κ1) is 7.99. The fourth-order valence-corrected chi connectivity index (χ4v) is 0.874. The first-order valence-electron chi connectivity index (χ1n) is 3.40. The minimum absolute atomic E-state index is 0.0256. The summed E-state index contributed by atoms with van der Waals surface area (Å²) in [6.45, 7) is 1.84. The Morgan fingerprint density at radius 3 is 3.00 bits per heavy atom. The van der Waals surface area contributed by atoms with Gasteiger partial charge in [0.1, 0.15) is 5.69 Å². The van der Waals surface area contributed by atoms with Crippen LogP contribution in [0.25, 0.3) is 0 Å². The number of Topliss-reactive ketones (excluding diaryl/α,β-unsaturated/α-hetero) is 1. The van der Waals surface area contributed by atoms with Crippen molar-refractivity contribution in [1.29, 1.82) is 0 Å². The van der Waals surface area contributed by atoms with Crippen LogP contribution in [0.1, 0.15) is 16.1 Å². The highest BCUT2D eigenvalue weighted by molar-refractivity contribution is 6.23. The number of rotatable bonds is 2. The second-order valence-electron chi connectivity index (χ2n) is 2.30. The van der Waals surface area contributed by atoms with Gasteiger partial charge in [-0.3, -0.25) is 9.78 Å². The van der Waals surface area contributed by atoms with Crippen LogP contribution in [0.3, 0.4) is 0 Å². The molecule has 0 amide bonds. The largest absolute Gasteiger partial charge is 0.293 e. The maximum absolute atomic E-state index is 11.0. The summed E-state index contributed by atoms with van der Waals surface area (Å²) in [5.41, 5.74) is 1.36. The summed E-state index contributed by atoms with van der Waals surface area (Å²) in [7, 11) is 5.18. The Hall–Kier alpha value is -1.12. The van der Waals surface area contributed by atoms with E-state index in [9.17, 15) is 4.79 Å². The molecule has 0 unspecified atom stereocenters. The number of nitrogens with zero attached hydrogens (tertiary/aromatic N) is 1. The third-order valence-corrected chi connectivity index (χ3v) is 1.46. The molecule has 0 aromatic carbocycles. The van der Waals surface area contributed by atoms with Crippen molar-refractivity contribution in [2.75, 3.05) is 0 Å². The zero-order valence-electron chi connectivity index (χ0n) is 6.37. The number of hydrogen-bond donors (Lipinski definition) is 0. The molecule has 0 aliphatic rings. The van der Waals surface area contributed by atoms with Crippen LogP contribution in [0, 0.1) is 6.92 Å². The lowest BCUT2D eigenvalue weighted by molar-refractivity contribution is 0.101. The molecule has 0 fully saturated rings. The molecule has 0 bridgehead atoms. The summed E-state index contributed by atoms with van der Waals surface area (Å²) in [5.74, 6) is -0.108. The van der Waals surface area contributed by atoms with Crippen molar-refractivity contribution < 1.29 is 4.79 Å². The molecule has 0 saturated heterocycles. The lowest BCUT2D eigenvalue weighted by atomic mass is 9.97. The van der Waals surface area contributed by atoms with Crippen molar-refractivity contribution in [3.63, 3.8) is 0 Å². The van der Waals surface area contributed by atoms with Gasteiger partial charge in [-0.15, -0.1) is 0 Å². The fraction of sp³-hybridized carbons (Fsp3) is 0.250. The third kappa shape index (κ3) is 1.67. The summed E-state index contributed by atoms with van der Waals surface area (Å²) in [6.07, 6.45) is 1.62. The van der Waals surface area contributed by atoms with Gasteiger partial charge in [0.25, 0.3) is 0 Å². The maximum atomic E-state index is 11.0. The Kier molecular flexibility index (Phi) is 2.42. The van der Waals surface area contributed by atoms with Gasteiger partial charge in [0.05, 0.1) is 7.85 Å². The summed E-state index contributed by atoms with van der Waals surface area (Å²) >= 11 is 0. The molecule has 0 atom stereocenters. The zero-order chi connectivity index (χ0) is 8.27. The van der Waals surface area contributed by atoms with Gasteiger partial charge < -0.3 is 0 Å². The molecule has 0 saturated carbocycles. The first-order chi connectivity index (χ1) is 5.25. The quantitative estimate of drug-likeness (QED) is 0.461. The smallest absolute Gasteiger partial charge is 0.172 e. The molecule has 3 heteroatoms. The van der Waals surface area contributed by atoms with Crippen LogP contribution >= 0.6 is 0 Å². The summed E-state index contributed by atoms with van der Waals surface area (Å²) in [6, 6.07) is 3.64. The molecule has 1 aromatic heterocycles. The van der Waals surface area contributed by atoms with Crippen molar-refractivity contribution in [1.82, 2.24) is 4.98 Å². The number of aryl methyl sites for hydroxylation is 1. The lowest BCUT2D eigenvalue weighted by Crippen LogP contribution is -2.02. The van der Waals surface area contributed by atoms with E-state index < -0.39 is 0 Å². The van der Waals surface area contributed by atoms with Crippen molar-refractivity contribution in [3.05, 3.63) is 29.6 Å². The summed E-state index contributed by atoms with van der Waals surface area (Å²) in [4.78, 5) is 15.0. The van der Waals surface area contributed by atoms with E-state index in [1.165, 1.54) is 0 Å². The molecular weight excluding hydrogens is 137 g/mol. The van der Waals surface area contributed by atoms with Crippen LogP contribution in [-0.4, -0.2) is 18.6 Å². The number of pyridine rings is 1. The van der Waals surface area contributed by atoms with E-state index in [4.69, 9.17) is 7.85 Å². The summed E-state index contributed by atoms with van der Waals surface area (Å²) < 4.78 is 0. The first-order valence-corrected chi connectivity index (χ1v) is 3.40. The van der Waals surface area contributed by atoms with Gasteiger partial charge in [-0.05, 0) is 24.9 Å². The van der Waals surface area contributed by atoms with Gasteiger partial charge in [0.2, 0.25) is 0 Å². The molecule has 0 aliphatic heterocycles. The molecule has 1 rings (SSSR count). The number of carbonyl (C=O) groups excluding carboxylic acids is 1. The van der Waals surface area contributed by atoms with Crippen LogP contribution in [0.2, 0.25) is 6.32 Å². The SMILES string of the molecule is [B]CC(=O)c1ncccc1C. The standard InChI is InChI=1S/C8H8BNO/c1-6-3-2-4-10-8(6)7(11)5-9/h2-4H,5H2,1H3. The van der Waals surface area contributed by atoms with Gasteiger partial charge in [-0.2, -0.15) is 0 Å². The minimum Gasteiger partial charge on any atom is -0.293 e. The number of carbonyl (C=O) groups is 1. The second kappa shape index (κ2) is 3.33. The van der Waals surface area contributed by atoms with Gasteiger partial charge >= 0.3 is 0 Å². The van der Waals surface area contributed by atoms with E-state index in [0.29, 0.717) is 5.69 Å².